The van der Waals surface area contributed by atoms with Crippen LogP contribution in [-0.2, 0) is 24.2 Å². The molecular formula is C17H18N2O7S. The van der Waals surface area contributed by atoms with E-state index in [1.165, 1.54) is 24.1 Å². The summed E-state index contributed by atoms with van der Waals surface area (Å²) >= 11 is 0. The van der Waals surface area contributed by atoms with Gasteiger partial charge >= 0.3 is 5.97 Å². The zero-order valence-corrected chi connectivity index (χ0v) is 15.4. The maximum atomic E-state index is 12.2. The summed E-state index contributed by atoms with van der Waals surface area (Å²) in [6.45, 7) is -1.18. The van der Waals surface area contributed by atoms with Crippen molar-refractivity contribution in [1.29, 1.82) is 0 Å². The number of sulfone groups is 1. The summed E-state index contributed by atoms with van der Waals surface area (Å²) in [5, 5.41) is 0. The number of nitrogens with zero attached hydrogens (tertiary/aromatic N) is 2. The first-order valence-corrected chi connectivity index (χ1v) is 10.1. The third-order valence-electron chi connectivity index (χ3n) is 4.67. The third kappa shape index (κ3) is 3.85. The van der Waals surface area contributed by atoms with Crippen LogP contribution in [0.25, 0.3) is 0 Å². The third-order valence-corrected chi connectivity index (χ3v) is 6.42. The standard InChI is InChI=1S/C17H18N2O7S/c1-18(11-6-7-27(24,25)10-11)14(20)9-26-15(21)8-19-16(22)12-4-2-3-5-13(12)17(19)23/h2-5,11H,6-10H2,1H3/t11-/m0/s1. The minimum absolute atomic E-state index is 0.0226. The van der Waals surface area contributed by atoms with Crippen molar-refractivity contribution in [3.8, 4) is 0 Å². The SMILES string of the molecule is CN(C(=O)COC(=O)CN1C(=O)c2ccccc2C1=O)[C@H]1CCS(=O)(=O)C1. The first-order valence-electron chi connectivity index (χ1n) is 8.26. The quantitative estimate of drug-likeness (QED) is 0.487. The van der Waals surface area contributed by atoms with Gasteiger partial charge in [0.2, 0.25) is 0 Å². The molecule has 2 aliphatic heterocycles. The van der Waals surface area contributed by atoms with Crippen molar-refractivity contribution in [1.82, 2.24) is 9.80 Å². The number of benzene rings is 1. The zero-order chi connectivity index (χ0) is 19.8. The summed E-state index contributed by atoms with van der Waals surface area (Å²) in [6.07, 6.45) is 0.341. The molecule has 0 unspecified atom stereocenters. The van der Waals surface area contributed by atoms with E-state index in [2.05, 4.69) is 0 Å². The van der Waals surface area contributed by atoms with Gasteiger partial charge in [0.05, 0.1) is 22.6 Å². The van der Waals surface area contributed by atoms with E-state index in [1.54, 1.807) is 12.1 Å². The van der Waals surface area contributed by atoms with E-state index < -0.39 is 52.7 Å². The summed E-state index contributed by atoms with van der Waals surface area (Å²) in [5.74, 6) is -2.72. The van der Waals surface area contributed by atoms with E-state index >= 15 is 0 Å². The summed E-state index contributed by atoms with van der Waals surface area (Å²) in [5.41, 5.74) is 0.433. The van der Waals surface area contributed by atoms with E-state index in [0.29, 0.717) is 6.42 Å². The van der Waals surface area contributed by atoms with E-state index in [0.717, 1.165) is 4.90 Å². The van der Waals surface area contributed by atoms with Crippen molar-refractivity contribution in [3.63, 3.8) is 0 Å². The van der Waals surface area contributed by atoms with Crippen LogP contribution in [0.3, 0.4) is 0 Å². The number of fused-ring (bicyclic) bond motifs is 1. The molecular weight excluding hydrogens is 376 g/mol. The highest BCUT2D eigenvalue weighted by Gasteiger charge is 2.37. The smallest absolute Gasteiger partial charge is 0.326 e. The first kappa shape index (κ1) is 19.0. The van der Waals surface area contributed by atoms with Crippen LogP contribution in [-0.4, -0.2) is 79.7 Å². The fourth-order valence-electron chi connectivity index (χ4n) is 3.09. The Morgan fingerprint density at radius 3 is 2.30 bits per heavy atom. The van der Waals surface area contributed by atoms with Crippen molar-refractivity contribution < 1.29 is 32.3 Å². The first-order chi connectivity index (χ1) is 12.7. The maximum absolute atomic E-state index is 12.2. The largest absolute Gasteiger partial charge is 0.454 e. The molecule has 9 nitrogen and oxygen atoms in total. The molecule has 3 amide bonds. The zero-order valence-electron chi connectivity index (χ0n) is 14.6. The van der Waals surface area contributed by atoms with Crippen molar-refractivity contribution in [3.05, 3.63) is 35.4 Å². The Morgan fingerprint density at radius 1 is 1.19 bits per heavy atom. The number of rotatable bonds is 5. The lowest BCUT2D eigenvalue weighted by molar-refractivity contribution is -0.152. The molecule has 1 atom stereocenters. The second-order valence-corrected chi connectivity index (χ2v) is 8.69. The molecule has 0 radical (unpaired) electrons. The molecule has 2 aliphatic rings. The van der Waals surface area contributed by atoms with Crippen LogP contribution >= 0.6 is 0 Å². The molecule has 27 heavy (non-hydrogen) atoms. The van der Waals surface area contributed by atoms with Crippen LogP contribution in [0.4, 0.5) is 0 Å². The number of carbonyl (C=O) groups is 4. The predicted molar refractivity (Wildman–Crippen MR) is 92.6 cm³/mol. The van der Waals surface area contributed by atoms with Gasteiger partial charge in [-0.05, 0) is 18.6 Å². The van der Waals surface area contributed by atoms with Crippen LogP contribution in [0, 0.1) is 0 Å². The molecule has 144 valence electrons. The number of hydrogen-bond donors (Lipinski definition) is 0. The van der Waals surface area contributed by atoms with E-state index in [4.69, 9.17) is 4.74 Å². The second kappa shape index (κ2) is 7.10. The number of likely N-dealkylation sites (N-methyl/N-ethyl adjacent to an activating group) is 1. The molecule has 1 fully saturated rings. The molecule has 2 heterocycles. The van der Waals surface area contributed by atoms with Gasteiger partial charge in [-0.3, -0.25) is 24.1 Å². The van der Waals surface area contributed by atoms with Gasteiger partial charge in [0, 0.05) is 13.1 Å². The number of hydrogen-bond acceptors (Lipinski definition) is 7. The molecule has 1 aromatic rings. The van der Waals surface area contributed by atoms with Crippen LogP contribution in [0.5, 0.6) is 0 Å². The Hall–Kier alpha value is -2.75. The highest BCUT2D eigenvalue weighted by molar-refractivity contribution is 7.91. The van der Waals surface area contributed by atoms with Gasteiger partial charge in [0.15, 0.2) is 16.4 Å². The van der Waals surface area contributed by atoms with Gasteiger partial charge in [-0.15, -0.1) is 0 Å². The highest BCUT2D eigenvalue weighted by Crippen LogP contribution is 2.22. The van der Waals surface area contributed by atoms with Gasteiger partial charge < -0.3 is 9.64 Å². The Bertz CT molecular complexity index is 890. The molecule has 0 saturated carbocycles. The summed E-state index contributed by atoms with van der Waals surface area (Å²) in [4.78, 5) is 50.5. The van der Waals surface area contributed by atoms with Crippen molar-refractivity contribution in [2.45, 2.75) is 12.5 Å². The van der Waals surface area contributed by atoms with Gasteiger partial charge in [0.1, 0.15) is 6.54 Å². The van der Waals surface area contributed by atoms with Gasteiger partial charge in [-0.1, -0.05) is 12.1 Å². The average molecular weight is 394 g/mol. The minimum Gasteiger partial charge on any atom is -0.454 e. The monoisotopic (exact) mass is 394 g/mol. The highest BCUT2D eigenvalue weighted by atomic mass is 32.2. The molecule has 3 rings (SSSR count). The van der Waals surface area contributed by atoms with Crippen LogP contribution in [0.2, 0.25) is 0 Å². The second-order valence-electron chi connectivity index (χ2n) is 6.46. The van der Waals surface area contributed by atoms with E-state index in [9.17, 15) is 27.6 Å². The summed E-state index contributed by atoms with van der Waals surface area (Å²) < 4.78 is 27.8. The predicted octanol–water partition coefficient (Wildman–Crippen LogP) is -0.529. The number of esters is 1. The van der Waals surface area contributed by atoms with Gasteiger partial charge in [-0.25, -0.2) is 8.42 Å². The van der Waals surface area contributed by atoms with Gasteiger partial charge in [0.25, 0.3) is 17.7 Å². The van der Waals surface area contributed by atoms with Crippen LogP contribution < -0.4 is 0 Å². The lowest BCUT2D eigenvalue weighted by Crippen LogP contribution is -2.41. The minimum atomic E-state index is -3.14. The lowest BCUT2D eigenvalue weighted by atomic mass is 10.1. The average Bonchev–Trinajstić information content (AvgIpc) is 3.12. The number of amides is 3. The summed E-state index contributed by atoms with van der Waals surface area (Å²) in [6, 6.07) is 5.77. The van der Waals surface area contributed by atoms with Crippen LogP contribution in [0.1, 0.15) is 27.1 Å². The Morgan fingerprint density at radius 2 is 1.78 bits per heavy atom. The van der Waals surface area contributed by atoms with Gasteiger partial charge in [-0.2, -0.15) is 0 Å². The summed E-state index contributed by atoms with van der Waals surface area (Å²) in [7, 11) is -1.69. The molecule has 0 bridgehead atoms. The van der Waals surface area contributed by atoms with E-state index in [-0.39, 0.29) is 22.6 Å². The molecule has 10 heteroatoms. The van der Waals surface area contributed by atoms with Crippen molar-refractivity contribution >= 4 is 33.5 Å². The van der Waals surface area contributed by atoms with E-state index in [1.807, 2.05) is 0 Å². The topological polar surface area (TPSA) is 118 Å². The molecule has 0 aliphatic carbocycles. The number of imide groups is 1. The lowest BCUT2D eigenvalue weighted by Gasteiger charge is -2.23. The van der Waals surface area contributed by atoms with Crippen molar-refractivity contribution in [2.24, 2.45) is 0 Å². The molecule has 0 spiro atoms. The van der Waals surface area contributed by atoms with Crippen LogP contribution in [0.15, 0.2) is 24.3 Å². The normalized spacial score (nSPS) is 20.5. The molecule has 1 saturated heterocycles. The molecule has 1 aromatic carbocycles. The fourth-order valence-corrected chi connectivity index (χ4v) is 4.86. The fraction of sp³-hybridized carbons (Fsp3) is 0.412. The Kier molecular flexibility index (Phi) is 5.01. The Balaban J connectivity index is 1.52. The molecule has 0 N–H and O–H groups in total. The Labute approximate surface area is 155 Å². The number of ether oxygens (including phenoxy) is 1. The maximum Gasteiger partial charge on any atom is 0.326 e. The number of carbonyl (C=O) groups excluding carboxylic acids is 4. The van der Waals surface area contributed by atoms with Crippen molar-refractivity contribution in [2.75, 3.05) is 31.7 Å². The molecule has 0 aromatic heterocycles.